The van der Waals surface area contributed by atoms with Crippen LogP contribution in [-0.2, 0) is 9.84 Å². The molecule has 2 aliphatic carbocycles. The predicted octanol–water partition coefficient (Wildman–Crippen LogP) is 2.27. The molecule has 0 aromatic heterocycles. The number of rotatable bonds is 4. The third kappa shape index (κ3) is 3.96. The van der Waals surface area contributed by atoms with E-state index >= 15 is 0 Å². The van der Waals surface area contributed by atoms with Gasteiger partial charge in [-0.25, -0.2) is 8.42 Å². The number of guanidine groups is 1. The molecule has 0 spiro atoms. The van der Waals surface area contributed by atoms with Gasteiger partial charge < -0.3 is 10.2 Å². The van der Waals surface area contributed by atoms with Gasteiger partial charge in [-0.3, -0.25) is 4.99 Å². The maximum atomic E-state index is 12.2. The molecule has 0 aromatic rings. The Morgan fingerprint density at radius 2 is 1.96 bits per heavy atom. The van der Waals surface area contributed by atoms with E-state index in [0.29, 0.717) is 18.5 Å². The Kier molecular flexibility index (Phi) is 5.61. The fraction of sp³-hybridized carbons (Fsp3) is 0.938. The van der Waals surface area contributed by atoms with Gasteiger partial charge in [0.2, 0.25) is 0 Å². The zero-order valence-corrected chi connectivity index (χ0v) is 17.6. The summed E-state index contributed by atoms with van der Waals surface area (Å²) < 4.78 is 23.6. The smallest absolute Gasteiger partial charge is 0.194 e. The summed E-state index contributed by atoms with van der Waals surface area (Å²) in [5.41, 5.74) is 0.484. The van der Waals surface area contributed by atoms with Crippen molar-refractivity contribution in [2.75, 3.05) is 31.9 Å². The van der Waals surface area contributed by atoms with Gasteiger partial charge in [0, 0.05) is 26.2 Å². The Balaban J connectivity index is 0.00000192. The monoisotopic (exact) mass is 455 g/mol. The topological polar surface area (TPSA) is 61.8 Å². The Labute approximate surface area is 157 Å². The largest absolute Gasteiger partial charge is 0.357 e. The minimum atomic E-state index is -3.00. The first-order chi connectivity index (χ1) is 10.3. The number of aliphatic imine (C=N–C) groups is 1. The van der Waals surface area contributed by atoms with E-state index in [4.69, 9.17) is 4.99 Å². The SMILES string of the molecule is CCNC(=NCC1(C2CC2)CC1)N1CCS(=O)(=O)C(C)(C)C1.I. The highest BCUT2D eigenvalue weighted by molar-refractivity contribution is 14.0. The van der Waals surface area contributed by atoms with E-state index in [2.05, 4.69) is 17.1 Å². The Bertz CT molecular complexity index is 566. The van der Waals surface area contributed by atoms with E-state index in [-0.39, 0.29) is 29.7 Å². The lowest BCUT2D eigenvalue weighted by atomic mass is 10.0. The van der Waals surface area contributed by atoms with Crippen LogP contribution in [0.3, 0.4) is 0 Å². The van der Waals surface area contributed by atoms with Crippen molar-refractivity contribution >= 4 is 39.8 Å². The van der Waals surface area contributed by atoms with E-state index in [0.717, 1.165) is 25.0 Å². The fourth-order valence-electron chi connectivity index (χ4n) is 3.53. The second-order valence-corrected chi connectivity index (χ2v) is 10.5. The maximum absolute atomic E-state index is 12.2. The summed E-state index contributed by atoms with van der Waals surface area (Å²) in [6.07, 6.45) is 5.39. The van der Waals surface area contributed by atoms with E-state index in [9.17, 15) is 8.42 Å². The van der Waals surface area contributed by atoms with E-state index in [1.165, 1.54) is 25.7 Å². The number of hydrogen-bond acceptors (Lipinski definition) is 3. The van der Waals surface area contributed by atoms with Gasteiger partial charge >= 0.3 is 0 Å². The molecule has 0 atom stereocenters. The standard InChI is InChI=1S/C16H29N3O2S.HI/c1-4-17-14(18-11-16(7-8-16)13-5-6-13)19-9-10-22(20,21)15(2,3)12-19;/h13H,4-12H2,1-3H3,(H,17,18);1H. The van der Waals surface area contributed by atoms with Crippen LogP contribution in [0.1, 0.15) is 46.5 Å². The van der Waals surface area contributed by atoms with Crippen molar-refractivity contribution in [3.8, 4) is 0 Å². The minimum absolute atomic E-state index is 0. The molecule has 5 nitrogen and oxygen atoms in total. The lowest BCUT2D eigenvalue weighted by molar-refractivity contribution is 0.350. The van der Waals surface area contributed by atoms with Crippen molar-refractivity contribution in [1.29, 1.82) is 0 Å². The average molecular weight is 455 g/mol. The van der Waals surface area contributed by atoms with Gasteiger partial charge in [0.15, 0.2) is 15.8 Å². The molecule has 23 heavy (non-hydrogen) atoms. The number of nitrogens with zero attached hydrogens (tertiary/aromatic N) is 2. The van der Waals surface area contributed by atoms with Crippen LogP contribution in [0.5, 0.6) is 0 Å². The van der Waals surface area contributed by atoms with Crippen molar-refractivity contribution < 1.29 is 8.42 Å². The van der Waals surface area contributed by atoms with Crippen LogP contribution >= 0.6 is 24.0 Å². The first-order valence-electron chi connectivity index (χ1n) is 8.55. The van der Waals surface area contributed by atoms with Gasteiger partial charge in [-0.2, -0.15) is 0 Å². The molecule has 1 saturated heterocycles. The Morgan fingerprint density at radius 3 is 2.43 bits per heavy atom. The lowest BCUT2D eigenvalue weighted by Gasteiger charge is -2.39. The van der Waals surface area contributed by atoms with Crippen molar-refractivity contribution in [1.82, 2.24) is 10.2 Å². The first-order valence-corrected chi connectivity index (χ1v) is 10.2. The molecule has 0 radical (unpaired) electrons. The van der Waals surface area contributed by atoms with Crippen LogP contribution in [-0.4, -0.2) is 56.0 Å². The molecule has 134 valence electrons. The summed E-state index contributed by atoms with van der Waals surface area (Å²) in [6, 6.07) is 0. The Morgan fingerprint density at radius 1 is 1.30 bits per heavy atom. The highest BCUT2D eigenvalue weighted by Crippen LogP contribution is 2.61. The van der Waals surface area contributed by atoms with Gasteiger partial charge in [0.25, 0.3) is 0 Å². The van der Waals surface area contributed by atoms with Crippen LogP contribution in [0.15, 0.2) is 4.99 Å². The van der Waals surface area contributed by atoms with Gasteiger partial charge in [0.1, 0.15) is 0 Å². The van der Waals surface area contributed by atoms with Crippen LogP contribution in [0.4, 0.5) is 0 Å². The molecule has 1 N–H and O–H groups in total. The second kappa shape index (κ2) is 6.69. The van der Waals surface area contributed by atoms with Crippen LogP contribution in [0, 0.1) is 11.3 Å². The predicted molar refractivity (Wildman–Crippen MR) is 105 cm³/mol. The van der Waals surface area contributed by atoms with Crippen LogP contribution in [0.2, 0.25) is 0 Å². The molecule has 0 aromatic carbocycles. The molecule has 7 heteroatoms. The quantitative estimate of drug-likeness (QED) is 0.402. The summed E-state index contributed by atoms with van der Waals surface area (Å²) in [4.78, 5) is 7.01. The third-order valence-corrected chi connectivity index (χ3v) is 8.09. The highest BCUT2D eigenvalue weighted by atomic mass is 127. The summed E-state index contributed by atoms with van der Waals surface area (Å²) in [6.45, 7) is 8.51. The fourth-order valence-corrected chi connectivity index (χ4v) is 4.90. The zero-order chi connectivity index (χ0) is 16.0. The molecule has 2 saturated carbocycles. The molecule has 3 rings (SSSR count). The molecular weight excluding hydrogens is 425 g/mol. The molecule has 1 heterocycles. The molecule has 1 aliphatic heterocycles. The number of nitrogens with one attached hydrogen (secondary N) is 1. The van der Waals surface area contributed by atoms with Crippen LogP contribution in [0.25, 0.3) is 0 Å². The highest BCUT2D eigenvalue weighted by Gasteiger charge is 2.53. The van der Waals surface area contributed by atoms with Gasteiger partial charge in [-0.05, 0) is 57.8 Å². The van der Waals surface area contributed by atoms with Gasteiger partial charge in [-0.15, -0.1) is 24.0 Å². The second-order valence-electron chi connectivity index (χ2n) is 7.81. The normalized spacial score (nSPS) is 28.0. The molecule has 0 bridgehead atoms. The van der Waals surface area contributed by atoms with E-state index in [1.54, 1.807) is 0 Å². The van der Waals surface area contributed by atoms with Crippen molar-refractivity contribution in [3.63, 3.8) is 0 Å². The third-order valence-electron chi connectivity index (χ3n) is 5.56. The Hall–Kier alpha value is -0.0500. The van der Waals surface area contributed by atoms with Crippen molar-refractivity contribution in [2.24, 2.45) is 16.3 Å². The first kappa shape index (κ1) is 19.3. The summed E-state index contributed by atoms with van der Waals surface area (Å²) in [5.74, 6) is 2.02. The minimum Gasteiger partial charge on any atom is -0.357 e. The maximum Gasteiger partial charge on any atom is 0.194 e. The van der Waals surface area contributed by atoms with Crippen molar-refractivity contribution in [2.45, 2.75) is 51.2 Å². The summed E-state index contributed by atoms with van der Waals surface area (Å²) in [7, 11) is -3.00. The average Bonchev–Trinajstić information content (AvgIpc) is 3.30. The number of sulfone groups is 1. The van der Waals surface area contributed by atoms with Gasteiger partial charge in [-0.1, -0.05) is 0 Å². The molecule has 0 unspecified atom stereocenters. The number of halogens is 1. The lowest BCUT2D eigenvalue weighted by Crippen LogP contribution is -2.57. The van der Waals surface area contributed by atoms with E-state index < -0.39 is 14.6 Å². The zero-order valence-electron chi connectivity index (χ0n) is 14.5. The molecule has 3 fully saturated rings. The molecule has 3 aliphatic rings. The summed E-state index contributed by atoms with van der Waals surface area (Å²) in [5, 5.41) is 3.36. The van der Waals surface area contributed by atoms with E-state index in [1.807, 2.05) is 13.8 Å². The van der Waals surface area contributed by atoms with Gasteiger partial charge in [0.05, 0.1) is 10.5 Å². The van der Waals surface area contributed by atoms with Crippen molar-refractivity contribution in [3.05, 3.63) is 0 Å². The number of hydrogen-bond donors (Lipinski definition) is 1. The summed E-state index contributed by atoms with van der Waals surface area (Å²) >= 11 is 0. The molecular formula is C16H30IN3O2S. The molecule has 0 amide bonds. The van der Waals surface area contributed by atoms with Crippen LogP contribution < -0.4 is 5.32 Å².